The average molecular weight is 275 g/mol. The highest BCUT2D eigenvalue weighted by Gasteiger charge is 2.09. The molecule has 1 aromatic heterocycles. The first-order chi connectivity index (χ1) is 6.38. The molecule has 7 heteroatoms. The largest absolute Gasteiger partial charge is 0.258 e. The van der Waals surface area contributed by atoms with Crippen LogP contribution in [0.5, 0.6) is 0 Å². The Morgan fingerprint density at radius 3 is 2.50 bits per heavy atom. The molecule has 0 N–H and O–H groups in total. The molecular formula is C7H6Cl3NO2S. The van der Waals surface area contributed by atoms with Crippen molar-refractivity contribution >= 4 is 42.9 Å². The maximum atomic E-state index is 10.7. The van der Waals surface area contributed by atoms with E-state index in [1.165, 1.54) is 12.3 Å². The molecule has 0 aromatic carbocycles. The number of hydrogen-bond acceptors (Lipinski definition) is 3. The first-order valence-electron chi connectivity index (χ1n) is 3.61. The Labute approximate surface area is 96.4 Å². The summed E-state index contributed by atoms with van der Waals surface area (Å²) in [4.78, 5) is 3.89. The van der Waals surface area contributed by atoms with E-state index in [1.807, 2.05) is 0 Å². The molecule has 0 aliphatic rings. The van der Waals surface area contributed by atoms with E-state index >= 15 is 0 Å². The van der Waals surface area contributed by atoms with Gasteiger partial charge in [-0.2, -0.15) is 0 Å². The van der Waals surface area contributed by atoms with E-state index in [2.05, 4.69) is 4.98 Å². The van der Waals surface area contributed by atoms with Gasteiger partial charge in [-0.3, -0.25) is 4.98 Å². The molecule has 78 valence electrons. The van der Waals surface area contributed by atoms with Crippen LogP contribution in [0, 0.1) is 0 Å². The summed E-state index contributed by atoms with van der Waals surface area (Å²) in [6.07, 6.45) is 1.59. The quantitative estimate of drug-likeness (QED) is 0.796. The minimum atomic E-state index is -3.51. The van der Waals surface area contributed by atoms with Crippen molar-refractivity contribution in [2.75, 3.05) is 5.75 Å². The highest BCUT2D eigenvalue weighted by atomic mass is 35.7. The normalized spacial score (nSPS) is 11.6. The average Bonchev–Trinajstić information content (AvgIpc) is 2.00. The van der Waals surface area contributed by atoms with Gasteiger partial charge < -0.3 is 0 Å². The van der Waals surface area contributed by atoms with Crippen LogP contribution in [0.2, 0.25) is 10.0 Å². The smallest absolute Gasteiger partial charge is 0.232 e. The zero-order chi connectivity index (χ0) is 10.8. The fraction of sp³-hybridized carbons (Fsp3) is 0.286. The third-order valence-electron chi connectivity index (χ3n) is 1.47. The Bertz CT molecular complexity index is 433. The van der Waals surface area contributed by atoms with Crippen molar-refractivity contribution in [3.05, 3.63) is 28.0 Å². The standard InChI is InChI=1S/C7H6Cl3NO2S/c8-5-3-6(9)7(11-4-5)1-2-14(10,12)13/h3-4H,1-2H2. The van der Waals surface area contributed by atoms with Crippen molar-refractivity contribution in [1.29, 1.82) is 0 Å². The lowest BCUT2D eigenvalue weighted by Crippen LogP contribution is -2.03. The van der Waals surface area contributed by atoms with Crippen LogP contribution in [0.25, 0.3) is 0 Å². The SMILES string of the molecule is O=S(=O)(Cl)CCc1ncc(Cl)cc1Cl. The lowest BCUT2D eigenvalue weighted by molar-refractivity contribution is 0.608. The third-order valence-corrected chi connectivity index (χ3v) is 3.16. The molecule has 0 saturated heterocycles. The summed E-state index contributed by atoms with van der Waals surface area (Å²) < 4.78 is 21.3. The van der Waals surface area contributed by atoms with Crippen LogP contribution >= 0.6 is 33.9 Å². The molecular weight excluding hydrogens is 269 g/mol. The number of nitrogens with zero attached hydrogens (tertiary/aromatic N) is 1. The predicted molar refractivity (Wildman–Crippen MR) is 57.6 cm³/mol. The predicted octanol–water partition coefficient (Wildman–Crippen LogP) is 2.50. The Morgan fingerprint density at radius 1 is 1.36 bits per heavy atom. The van der Waals surface area contributed by atoms with E-state index in [-0.39, 0.29) is 12.2 Å². The number of aromatic nitrogens is 1. The summed E-state index contributed by atoms with van der Waals surface area (Å²) in [6, 6.07) is 1.51. The van der Waals surface area contributed by atoms with Gasteiger partial charge in [-0.15, -0.1) is 0 Å². The zero-order valence-corrected chi connectivity index (χ0v) is 9.96. The molecule has 0 bridgehead atoms. The molecule has 0 aliphatic heterocycles. The molecule has 0 radical (unpaired) electrons. The monoisotopic (exact) mass is 273 g/mol. The molecule has 1 heterocycles. The van der Waals surface area contributed by atoms with Crippen LogP contribution in [-0.4, -0.2) is 19.2 Å². The molecule has 3 nitrogen and oxygen atoms in total. The lowest BCUT2D eigenvalue weighted by Gasteiger charge is -2.01. The molecule has 0 spiro atoms. The molecule has 0 unspecified atom stereocenters. The molecule has 0 fully saturated rings. The van der Waals surface area contributed by atoms with Gasteiger partial charge in [0.1, 0.15) is 0 Å². The van der Waals surface area contributed by atoms with Crippen molar-refractivity contribution < 1.29 is 8.42 Å². The molecule has 1 rings (SSSR count). The summed E-state index contributed by atoms with van der Waals surface area (Å²) >= 11 is 11.4. The van der Waals surface area contributed by atoms with Gasteiger partial charge in [0, 0.05) is 23.3 Å². The van der Waals surface area contributed by atoms with Gasteiger partial charge in [0.15, 0.2) is 0 Å². The summed E-state index contributed by atoms with van der Waals surface area (Å²) in [7, 11) is 1.53. The van der Waals surface area contributed by atoms with Crippen molar-refractivity contribution in [1.82, 2.24) is 4.98 Å². The van der Waals surface area contributed by atoms with Crippen molar-refractivity contribution in [2.45, 2.75) is 6.42 Å². The van der Waals surface area contributed by atoms with E-state index in [0.717, 1.165) is 0 Å². The van der Waals surface area contributed by atoms with Gasteiger partial charge in [0.2, 0.25) is 9.05 Å². The Kier molecular flexibility index (Phi) is 4.01. The molecule has 0 amide bonds. The second kappa shape index (κ2) is 4.66. The number of aryl methyl sites for hydroxylation is 1. The van der Waals surface area contributed by atoms with E-state index < -0.39 is 9.05 Å². The summed E-state index contributed by atoms with van der Waals surface area (Å²) in [5.41, 5.74) is 0.472. The highest BCUT2D eigenvalue weighted by molar-refractivity contribution is 8.13. The van der Waals surface area contributed by atoms with Gasteiger partial charge in [0.05, 0.1) is 21.5 Å². The Balaban J connectivity index is 2.78. The maximum Gasteiger partial charge on any atom is 0.232 e. The van der Waals surface area contributed by atoms with Crippen LogP contribution in [0.4, 0.5) is 0 Å². The summed E-state index contributed by atoms with van der Waals surface area (Å²) in [6.45, 7) is 0. The fourth-order valence-corrected chi connectivity index (χ4v) is 1.99. The number of halogens is 3. The molecule has 0 aliphatic carbocycles. The van der Waals surface area contributed by atoms with Crippen molar-refractivity contribution in [2.24, 2.45) is 0 Å². The molecule has 1 aromatic rings. The maximum absolute atomic E-state index is 10.7. The van der Waals surface area contributed by atoms with Gasteiger partial charge >= 0.3 is 0 Å². The van der Waals surface area contributed by atoms with Crippen LogP contribution in [0.3, 0.4) is 0 Å². The second-order valence-electron chi connectivity index (χ2n) is 2.58. The first-order valence-corrected chi connectivity index (χ1v) is 6.84. The zero-order valence-electron chi connectivity index (χ0n) is 6.87. The topological polar surface area (TPSA) is 47.0 Å². The van der Waals surface area contributed by atoms with Gasteiger partial charge in [-0.25, -0.2) is 8.42 Å². The van der Waals surface area contributed by atoms with E-state index in [0.29, 0.717) is 15.7 Å². The van der Waals surface area contributed by atoms with Gasteiger partial charge in [-0.1, -0.05) is 23.2 Å². The number of rotatable bonds is 3. The van der Waals surface area contributed by atoms with Crippen LogP contribution in [-0.2, 0) is 15.5 Å². The van der Waals surface area contributed by atoms with Crippen LogP contribution < -0.4 is 0 Å². The Hall–Kier alpha value is -0.0300. The number of pyridine rings is 1. The third kappa shape index (κ3) is 4.00. The van der Waals surface area contributed by atoms with E-state index in [9.17, 15) is 8.42 Å². The highest BCUT2D eigenvalue weighted by Crippen LogP contribution is 2.19. The van der Waals surface area contributed by atoms with Gasteiger partial charge in [-0.05, 0) is 6.07 Å². The molecule has 0 saturated carbocycles. The lowest BCUT2D eigenvalue weighted by atomic mass is 10.3. The van der Waals surface area contributed by atoms with Crippen LogP contribution in [0.1, 0.15) is 5.69 Å². The molecule has 0 atom stereocenters. The van der Waals surface area contributed by atoms with Crippen molar-refractivity contribution in [3.63, 3.8) is 0 Å². The van der Waals surface area contributed by atoms with E-state index in [1.54, 1.807) is 0 Å². The summed E-state index contributed by atoms with van der Waals surface area (Å²) in [5.74, 6) is -0.192. The van der Waals surface area contributed by atoms with Crippen molar-refractivity contribution in [3.8, 4) is 0 Å². The minimum Gasteiger partial charge on any atom is -0.258 e. The molecule has 14 heavy (non-hydrogen) atoms. The number of hydrogen-bond donors (Lipinski definition) is 0. The van der Waals surface area contributed by atoms with Gasteiger partial charge in [0.25, 0.3) is 0 Å². The summed E-state index contributed by atoms with van der Waals surface area (Å²) in [5, 5.41) is 0.755. The first kappa shape index (κ1) is 12.0. The van der Waals surface area contributed by atoms with Crippen LogP contribution in [0.15, 0.2) is 12.3 Å². The second-order valence-corrected chi connectivity index (χ2v) is 6.32. The Morgan fingerprint density at radius 2 is 2.00 bits per heavy atom. The van der Waals surface area contributed by atoms with E-state index in [4.69, 9.17) is 33.9 Å². The fourth-order valence-electron chi connectivity index (χ4n) is 0.845. The minimum absolute atomic E-state index is 0.182.